The van der Waals surface area contributed by atoms with Crippen LogP contribution in [0.25, 0.3) is 0 Å². The van der Waals surface area contributed by atoms with Crippen LogP contribution in [0.5, 0.6) is 0 Å². The van der Waals surface area contributed by atoms with Crippen molar-refractivity contribution in [2.45, 2.75) is 46.8 Å². The summed E-state index contributed by atoms with van der Waals surface area (Å²) in [6.45, 7) is 9.92. The fraction of sp³-hybridized carbons (Fsp3) is 0.917. The summed E-state index contributed by atoms with van der Waals surface area (Å²) < 4.78 is 10.7. The molecule has 1 N–H and O–H groups in total. The molecule has 0 aromatic heterocycles. The molecule has 0 aliphatic carbocycles. The van der Waals surface area contributed by atoms with Gasteiger partial charge in [0.05, 0.1) is 12.7 Å². The van der Waals surface area contributed by atoms with E-state index in [4.69, 9.17) is 9.16 Å². The van der Waals surface area contributed by atoms with Crippen molar-refractivity contribution in [1.82, 2.24) is 0 Å². The lowest BCUT2D eigenvalue weighted by Crippen LogP contribution is -2.59. The van der Waals surface area contributed by atoms with Gasteiger partial charge in [-0.1, -0.05) is 27.7 Å². The standard InChI is InChI=1S/C12H24O4Si/c1-7-8(13)12(5,6-15-17)10(14)16-9(7)11(2,3)4/h7-9,13H,6H2,1-5,17H3. The Balaban J connectivity index is 2.99. The van der Waals surface area contributed by atoms with Gasteiger partial charge in [-0.05, 0) is 12.3 Å². The first-order valence-electron chi connectivity index (χ1n) is 6.02. The molecule has 1 aliphatic heterocycles. The van der Waals surface area contributed by atoms with E-state index in [-0.39, 0.29) is 30.0 Å². The highest BCUT2D eigenvalue weighted by atomic mass is 28.2. The molecule has 0 saturated carbocycles. The van der Waals surface area contributed by atoms with Gasteiger partial charge in [0.1, 0.15) is 22.0 Å². The van der Waals surface area contributed by atoms with Gasteiger partial charge < -0.3 is 14.3 Å². The van der Waals surface area contributed by atoms with Gasteiger partial charge in [0.15, 0.2) is 0 Å². The van der Waals surface area contributed by atoms with Crippen molar-refractivity contribution in [3.63, 3.8) is 0 Å². The van der Waals surface area contributed by atoms with E-state index < -0.39 is 11.5 Å². The largest absolute Gasteiger partial charge is 0.461 e. The molecule has 1 heterocycles. The zero-order valence-corrected chi connectivity index (χ0v) is 13.6. The summed E-state index contributed by atoms with van der Waals surface area (Å²) in [7, 11) is 0.548. The summed E-state index contributed by atoms with van der Waals surface area (Å²) in [6.07, 6.45) is -0.978. The van der Waals surface area contributed by atoms with E-state index in [2.05, 4.69) is 0 Å². The predicted molar refractivity (Wildman–Crippen MR) is 68.5 cm³/mol. The topological polar surface area (TPSA) is 55.8 Å². The molecule has 4 unspecified atom stereocenters. The maximum atomic E-state index is 12.1. The molecule has 1 rings (SSSR count). The second kappa shape index (κ2) is 4.70. The molecule has 17 heavy (non-hydrogen) atoms. The third-order valence-corrected chi connectivity index (χ3v) is 3.92. The van der Waals surface area contributed by atoms with Gasteiger partial charge in [0, 0.05) is 5.92 Å². The van der Waals surface area contributed by atoms with Crippen LogP contribution in [-0.4, -0.2) is 40.4 Å². The van der Waals surface area contributed by atoms with Crippen molar-refractivity contribution >= 4 is 16.5 Å². The van der Waals surface area contributed by atoms with Crippen LogP contribution in [0.15, 0.2) is 0 Å². The van der Waals surface area contributed by atoms with Crippen molar-refractivity contribution in [3.8, 4) is 0 Å². The molecule has 1 fully saturated rings. The molecular formula is C12H24O4Si. The fourth-order valence-corrected chi connectivity index (χ4v) is 3.23. The summed E-state index contributed by atoms with van der Waals surface area (Å²) in [5, 5.41) is 10.4. The van der Waals surface area contributed by atoms with Gasteiger partial charge in [0.25, 0.3) is 0 Å². The second-order valence-corrected chi connectivity index (χ2v) is 6.92. The van der Waals surface area contributed by atoms with Crippen LogP contribution in [0.2, 0.25) is 0 Å². The molecular weight excluding hydrogens is 236 g/mol. The number of ether oxygens (including phenoxy) is 1. The van der Waals surface area contributed by atoms with Crippen molar-refractivity contribution in [1.29, 1.82) is 0 Å². The van der Waals surface area contributed by atoms with Crippen LogP contribution in [0.3, 0.4) is 0 Å². The average Bonchev–Trinajstić information content (AvgIpc) is 2.20. The number of rotatable bonds is 2. The summed E-state index contributed by atoms with van der Waals surface area (Å²) in [5.41, 5.74) is -1.10. The van der Waals surface area contributed by atoms with E-state index >= 15 is 0 Å². The number of cyclic esters (lactones) is 1. The Morgan fingerprint density at radius 1 is 1.53 bits per heavy atom. The minimum Gasteiger partial charge on any atom is -0.461 e. The minimum absolute atomic E-state index is 0.0884. The van der Waals surface area contributed by atoms with E-state index in [0.717, 1.165) is 0 Å². The third kappa shape index (κ3) is 2.56. The Morgan fingerprint density at radius 2 is 2.06 bits per heavy atom. The van der Waals surface area contributed by atoms with E-state index in [1.165, 1.54) is 0 Å². The Kier molecular flexibility index (Phi) is 4.06. The Hall–Kier alpha value is -0.393. The van der Waals surface area contributed by atoms with Crippen molar-refractivity contribution in [2.24, 2.45) is 16.7 Å². The minimum atomic E-state index is -0.928. The van der Waals surface area contributed by atoms with Crippen LogP contribution in [-0.2, 0) is 14.0 Å². The van der Waals surface area contributed by atoms with Gasteiger partial charge in [-0.25, -0.2) is 0 Å². The van der Waals surface area contributed by atoms with Gasteiger partial charge >= 0.3 is 5.97 Å². The molecule has 4 atom stereocenters. The number of carbonyl (C=O) groups is 1. The van der Waals surface area contributed by atoms with E-state index in [9.17, 15) is 9.90 Å². The van der Waals surface area contributed by atoms with Crippen LogP contribution in [0, 0.1) is 16.7 Å². The SMILES string of the molecule is CC1C(C(C)(C)C)OC(=O)C(C)(CO[SiH3])C1O. The first kappa shape index (κ1) is 14.7. The first-order valence-corrected chi connectivity index (χ1v) is 6.84. The summed E-state index contributed by atoms with van der Waals surface area (Å²) in [6, 6.07) is 0. The van der Waals surface area contributed by atoms with Crippen molar-refractivity contribution in [3.05, 3.63) is 0 Å². The van der Waals surface area contributed by atoms with Gasteiger partial charge in [-0.15, -0.1) is 0 Å². The zero-order valence-electron chi connectivity index (χ0n) is 11.6. The molecule has 1 aliphatic rings. The average molecular weight is 260 g/mol. The smallest absolute Gasteiger partial charge is 0.317 e. The zero-order chi connectivity index (χ0) is 13.4. The highest BCUT2D eigenvalue weighted by Gasteiger charge is 2.54. The lowest BCUT2D eigenvalue weighted by atomic mass is 9.69. The quantitative estimate of drug-likeness (QED) is 0.571. The Labute approximate surface area is 106 Å². The molecule has 0 aromatic rings. The number of aliphatic hydroxyl groups excluding tert-OH is 1. The number of aliphatic hydroxyl groups is 1. The highest BCUT2D eigenvalue weighted by molar-refractivity contribution is 5.98. The first-order chi connectivity index (χ1) is 7.64. The number of carbonyl (C=O) groups excluding carboxylic acids is 1. The van der Waals surface area contributed by atoms with E-state index in [0.29, 0.717) is 10.5 Å². The lowest BCUT2D eigenvalue weighted by molar-refractivity contribution is -0.209. The summed E-state index contributed by atoms with van der Waals surface area (Å²) in [4.78, 5) is 12.1. The third-order valence-electron chi connectivity index (χ3n) is 3.63. The highest BCUT2D eigenvalue weighted by Crippen LogP contribution is 2.42. The molecule has 0 amide bonds. The molecule has 100 valence electrons. The maximum Gasteiger partial charge on any atom is 0.317 e. The van der Waals surface area contributed by atoms with Gasteiger partial charge in [0.2, 0.25) is 0 Å². The molecule has 5 heteroatoms. The second-order valence-electron chi connectivity index (χ2n) is 6.35. The monoisotopic (exact) mass is 260 g/mol. The van der Waals surface area contributed by atoms with E-state index in [1.807, 2.05) is 27.7 Å². The fourth-order valence-electron chi connectivity index (χ4n) is 2.63. The number of hydrogen-bond acceptors (Lipinski definition) is 4. The van der Waals surface area contributed by atoms with Crippen LogP contribution in [0.1, 0.15) is 34.6 Å². The van der Waals surface area contributed by atoms with Crippen molar-refractivity contribution < 1.29 is 19.1 Å². The van der Waals surface area contributed by atoms with Gasteiger partial charge in [-0.3, -0.25) is 4.79 Å². The van der Waals surface area contributed by atoms with Crippen molar-refractivity contribution in [2.75, 3.05) is 6.61 Å². The van der Waals surface area contributed by atoms with Gasteiger partial charge in [-0.2, -0.15) is 0 Å². The van der Waals surface area contributed by atoms with Crippen LogP contribution < -0.4 is 0 Å². The molecule has 0 radical (unpaired) electrons. The molecule has 0 aromatic carbocycles. The predicted octanol–water partition coefficient (Wildman–Crippen LogP) is 0.258. The lowest BCUT2D eigenvalue weighted by Gasteiger charge is -2.47. The molecule has 0 spiro atoms. The number of esters is 1. The van der Waals surface area contributed by atoms with Crippen LogP contribution in [0.4, 0.5) is 0 Å². The maximum absolute atomic E-state index is 12.1. The van der Waals surface area contributed by atoms with E-state index in [1.54, 1.807) is 6.92 Å². The molecule has 0 bridgehead atoms. The Morgan fingerprint density at radius 3 is 2.47 bits per heavy atom. The summed E-state index contributed by atoms with van der Waals surface area (Å²) in [5.74, 6) is -0.437. The molecule has 4 nitrogen and oxygen atoms in total. The normalized spacial score (nSPS) is 39.2. The number of hydrogen-bond donors (Lipinski definition) is 1. The Bertz CT molecular complexity index is 299. The van der Waals surface area contributed by atoms with Crippen LogP contribution >= 0.6 is 0 Å². The molecule has 1 saturated heterocycles. The summed E-state index contributed by atoms with van der Waals surface area (Å²) >= 11 is 0.